The summed E-state index contributed by atoms with van der Waals surface area (Å²) in [5, 5.41) is 7.21. The molecule has 2 aromatic rings. The van der Waals surface area contributed by atoms with Gasteiger partial charge in [0, 0.05) is 28.9 Å². The summed E-state index contributed by atoms with van der Waals surface area (Å²) in [5.41, 5.74) is 4.22. The Balaban J connectivity index is 1.58. The van der Waals surface area contributed by atoms with Gasteiger partial charge < -0.3 is 11.1 Å². The standard InChI is InChI=1S/C16H13F6N5/c17-14(18,19)5-27-10(15-8-4-24-12(15)11(8)15)2-9(26-27)6-1-7(16(20,21)22)13(23)25-3-6/h1-3,8,11-12,24H,4-5H2,(H2,23,25)/t8-,11-,12?,15-/m1/s1. The van der Waals surface area contributed by atoms with E-state index in [1.165, 1.54) is 6.07 Å². The van der Waals surface area contributed by atoms with Crippen LogP contribution in [0, 0.1) is 11.8 Å². The molecule has 144 valence electrons. The predicted octanol–water partition coefficient (Wildman–Crippen LogP) is 2.58. The van der Waals surface area contributed by atoms with Crippen molar-refractivity contribution in [1.29, 1.82) is 0 Å². The minimum atomic E-state index is -4.72. The van der Waals surface area contributed by atoms with Gasteiger partial charge in [0.1, 0.15) is 12.4 Å². The average molecular weight is 389 g/mol. The van der Waals surface area contributed by atoms with Crippen LogP contribution in [0.1, 0.15) is 11.3 Å². The molecule has 4 atom stereocenters. The van der Waals surface area contributed by atoms with E-state index in [9.17, 15) is 26.3 Å². The van der Waals surface area contributed by atoms with Gasteiger partial charge in [-0.2, -0.15) is 31.4 Å². The number of hydrogen-bond acceptors (Lipinski definition) is 4. The Hall–Kier alpha value is -2.30. The molecule has 2 saturated carbocycles. The second kappa shape index (κ2) is 4.75. The molecule has 5 nitrogen and oxygen atoms in total. The molecule has 2 saturated heterocycles. The lowest BCUT2D eigenvalue weighted by Crippen LogP contribution is -2.24. The minimum absolute atomic E-state index is 0.0201. The highest BCUT2D eigenvalue weighted by Crippen LogP contribution is 2.82. The molecule has 2 aliphatic heterocycles. The number of nitrogens with zero attached hydrogens (tertiary/aromatic N) is 3. The third kappa shape index (κ3) is 2.23. The molecule has 4 fully saturated rings. The Morgan fingerprint density at radius 2 is 1.96 bits per heavy atom. The van der Waals surface area contributed by atoms with Crippen LogP contribution in [0.25, 0.3) is 11.3 Å². The van der Waals surface area contributed by atoms with Crippen LogP contribution < -0.4 is 11.1 Å². The third-order valence-corrected chi connectivity index (χ3v) is 5.88. The van der Waals surface area contributed by atoms with Gasteiger partial charge in [0.25, 0.3) is 0 Å². The Morgan fingerprint density at radius 3 is 2.52 bits per heavy atom. The highest BCUT2D eigenvalue weighted by Gasteiger charge is 2.91. The van der Waals surface area contributed by atoms with Crippen molar-refractivity contribution in [3.63, 3.8) is 0 Å². The fourth-order valence-electron chi connectivity index (χ4n) is 4.70. The highest BCUT2D eigenvalue weighted by atomic mass is 19.4. The number of anilines is 1. The third-order valence-electron chi connectivity index (χ3n) is 5.88. The maximum Gasteiger partial charge on any atom is 0.419 e. The quantitative estimate of drug-likeness (QED) is 0.792. The molecule has 4 heterocycles. The van der Waals surface area contributed by atoms with E-state index < -0.39 is 30.3 Å². The van der Waals surface area contributed by atoms with Crippen molar-refractivity contribution in [3.05, 3.63) is 29.6 Å². The molecule has 1 unspecified atom stereocenters. The number of piperidine rings is 1. The highest BCUT2D eigenvalue weighted by molar-refractivity contribution is 5.65. The van der Waals surface area contributed by atoms with Crippen LogP contribution in [-0.4, -0.2) is 33.5 Å². The summed E-state index contributed by atoms with van der Waals surface area (Å²) < 4.78 is 79.0. The number of rotatable bonds is 3. The van der Waals surface area contributed by atoms with Crippen molar-refractivity contribution in [2.75, 3.05) is 12.3 Å². The van der Waals surface area contributed by atoms with E-state index in [1.807, 2.05) is 0 Å². The van der Waals surface area contributed by atoms with Crippen LogP contribution in [0.2, 0.25) is 0 Å². The topological polar surface area (TPSA) is 68.8 Å². The first kappa shape index (κ1) is 16.8. The van der Waals surface area contributed by atoms with Crippen molar-refractivity contribution >= 4 is 5.82 Å². The summed E-state index contributed by atoms with van der Waals surface area (Å²) in [4.78, 5) is 3.54. The number of halogens is 6. The van der Waals surface area contributed by atoms with Gasteiger partial charge in [0.2, 0.25) is 0 Å². The SMILES string of the molecule is Nc1ncc(-c2cc([C@]34C5NC[C@@H]3[C@H]54)n(CC(F)(F)F)n2)cc1C(F)(F)F. The second-order valence-corrected chi connectivity index (χ2v) is 7.29. The van der Waals surface area contributed by atoms with Crippen molar-refractivity contribution < 1.29 is 26.3 Å². The van der Waals surface area contributed by atoms with Crippen LogP contribution in [0.4, 0.5) is 32.2 Å². The molecule has 6 rings (SSSR count). The van der Waals surface area contributed by atoms with Crippen LogP contribution >= 0.6 is 0 Å². The number of fused-ring (bicyclic) bond motifs is 1. The van der Waals surface area contributed by atoms with Crippen LogP contribution in [-0.2, 0) is 18.1 Å². The monoisotopic (exact) mass is 389 g/mol. The maximum absolute atomic E-state index is 13.1. The second-order valence-electron chi connectivity index (χ2n) is 7.29. The molecule has 0 amide bonds. The molecule has 0 aromatic carbocycles. The van der Waals surface area contributed by atoms with E-state index in [0.717, 1.165) is 23.5 Å². The van der Waals surface area contributed by atoms with E-state index in [2.05, 4.69) is 15.4 Å². The zero-order chi connectivity index (χ0) is 19.4. The first-order chi connectivity index (χ1) is 12.5. The number of aromatic nitrogens is 3. The number of pyridine rings is 1. The van der Waals surface area contributed by atoms with Crippen LogP contribution in [0.15, 0.2) is 18.3 Å². The molecule has 4 aliphatic rings. The number of nitrogen functional groups attached to an aromatic ring is 1. The Morgan fingerprint density at radius 1 is 1.22 bits per heavy atom. The fraction of sp³-hybridized carbons (Fsp3) is 0.500. The number of alkyl halides is 6. The van der Waals surface area contributed by atoms with Gasteiger partial charge in [-0.05, 0) is 30.5 Å². The first-order valence-electron chi connectivity index (χ1n) is 8.25. The zero-order valence-corrected chi connectivity index (χ0v) is 13.6. The molecule has 27 heavy (non-hydrogen) atoms. The Kier molecular flexibility index (Phi) is 2.96. The van der Waals surface area contributed by atoms with Gasteiger partial charge in [-0.1, -0.05) is 0 Å². The molecule has 2 aliphatic carbocycles. The van der Waals surface area contributed by atoms with E-state index in [-0.39, 0.29) is 28.6 Å². The molecule has 0 radical (unpaired) electrons. The smallest absolute Gasteiger partial charge is 0.383 e. The molecular formula is C16H13F6N5. The molecule has 2 aromatic heterocycles. The van der Waals surface area contributed by atoms with Gasteiger partial charge >= 0.3 is 12.4 Å². The van der Waals surface area contributed by atoms with Crippen molar-refractivity contribution in [1.82, 2.24) is 20.1 Å². The predicted molar refractivity (Wildman–Crippen MR) is 81.4 cm³/mol. The van der Waals surface area contributed by atoms with Crippen molar-refractivity contribution in [2.45, 2.75) is 30.4 Å². The van der Waals surface area contributed by atoms with Gasteiger partial charge in [-0.25, -0.2) is 4.98 Å². The summed E-state index contributed by atoms with van der Waals surface area (Å²) in [6, 6.07) is 2.36. The largest absolute Gasteiger partial charge is 0.419 e. The first-order valence-corrected chi connectivity index (χ1v) is 8.25. The van der Waals surface area contributed by atoms with Crippen LogP contribution in [0.5, 0.6) is 0 Å². The van der Waals surface area contributed by atoms with E-state index in [1.54, 1.807) is 0 Å². The number of hydrogen-bond donors (Lipinski definition) is 2. The lowest BCUT2D eigenvalue weighted by Gasteiger charge is -2.13. The summed E-state index contributed by atoms with van der Waals surface area (Å²) in [6.07, 6.45) is -8.11. The maximum atomic E-state index is 13.1. The van der Waals surface area contributed by atoms with Crippen LogP contribution in [0.3, 0.4) is 0 Å². The fourth-order valence-corrected chi connectivity index (χ4v) is 4.70. The van der Waals surface area contributed by atoms with Gasteiger partial charge in [-0.3, -0.25) is 4.68 Å². The van der Waals surface area contributed by atoms with E-state index in [0.29, 0.717) is 11.6 Å². The zero-order valence-electron chi connectivity index (χ0n) is 13.6. The molecule has 2 bridgehead atoms. The number of nitrogens with one attached hydrogen (secondary N) is 1. The van der Waals surface area contributed by atoms with Gasteiger partial charge in [0.05, 0.1) is 11.3 Å². The minimum Gasteiger partial charge on any atom is -0.383 e. The van der Waals surface area contributed by atoms with Gasteiger partial charge in [-0.15, -0.1) is 0 Å². The Labute approximate surface area is 148 Å². The Bertz CT molecular complexity index is 924. The number of nitrogens with two attached hydrogens (primary N) is 1. The molecule has 3 N–H and O–H groups in total. The summed E-state index contributed by atoms with van der Waals surface area (Å²) in [5.74, 6) is -0.120. The molecular weight excluding hydrogens is 376 g/mol. The average Bonchev–Trinajstić information content (AvgIpc) is 3.08. The lowest BCUT2D eigenvalue weighted by atomic mass is 10.0. The van der Waals surface area contributed by atoms with E-state index in [4.69, 9.17) is 5.73 Å². The normalized spacial score (nSPS) is 31.1. The molecule has 0 spiro atoms. The van der Waals surface area contributed by atoms with E-state index >= 15 is 0 Å². The summed E-state index contributed by atoms with van der Waals surface area (Å²) in [6.45, 7) is -0.547. The summed E-state index contributed by atoms with van der Waals surface area (Å²) in [7, 11) is 0. The lowest BCUT2D eigenvalue weighted by molar-refractivity contribution is -0.143. The van der Waals surface area contributed by atoms with Crippen molar-refractivity contribution in [2.24, 2.45) is 11.8 Å². The summed E-state index contributed by atoms with van der Waals surface area (Å²) >= 11 is 0. The molecule has 11 heteroatoms. The van der Waals surface area contributed by atoms with Crippen molar-refractivity contribution in [3.8, 4) is 11.3 Å². The van der Waals surface area contributed by atoms with Gasteiger partial charge in [0.15, 0.2) is 0 Å².